The topological polar surface area (TPSA) is 65.0 Å². The average molecular weight is 294 g/mol. The highest BCUT2D eigenvalue weighted by molar-refractivity contribution is 5.82. The third-order valence-electron chi connectivity index (χ3n) is 2.79. The van der Waals surface area contributed by atoms with E-state index in [4.69, 9.17) is 14.2 Å². The minimum atomic E-state index is -0.761. The molecule has 21 heavy (non-hydrogen) atoms. The van der Waals surface area contributed by atoms with Gasteiger partial charge in [0.25, 0.3) is 0 Å². The summed E-state index contributed by atoms with van der Waals surface area (Å²) in [6.07, 6.45) is 0.724. The summed E-state index contributed by atoms with van der Waals surface area (Å²) >= 11 is 0. The molecule has 0 spiro atoms. The van der Waals surface area contributed by atoms with Crippen molar-refractivity contribution >= 4 is 5.97 Å². The minimum absolute atomic E-state index is 0.207. The molecule has 0 fully saturated rings. The van der Waals surface area contributed by atoms with E-state index in [1.54, 1.807) is 38.3 Å². The van der Waals surface area contributed by atoms with Gasteiger partial charge in [-0.15, -0.1) is 0 Å². The van der Waals surface area contributed by atoms with Crippen molar-refractivity contribution in [3.63, 3.8) is 0 Å². The maximum Gasteiger partial charge on any atom is 0.334 e. The summed E-state index contributed by atoms with van der Waals surface area (Å²) in [4.78, 5) is 11.5. The van der Waals surface area contributed by atoms with Gasteiger partial charge in [0, 0.05) is 6.42 Å². The largest absolute Gasteiger partial charge is 0.498 e. The van der Waals surface area contributed by atoms with Crippen LogP contribution < -0.4 is 4.74 Å². The molecule has 0 unspecified atom stereocenters. The van der Waals surface area contributed by atoms with Crippen LogP contribution in [0, 0.1) is 0 Å². The van der Waals surface area contributed by atoms with Crippen LogP contribution in [-0.4, -0.2) is 31.4 Å². The van der Waals surface area contributed by atoms with Crippen LogP contribution in [0.15, 0.2) is 36.1 Å². The molecule has 0 bridgehead atoms. The quantitative estimate of drug-likeness (QED) is 0.453. The van der Waals surface area contributed by atoms with Crippen LogP contribution in [0.2, 0.25) is 0 Å². The van der Waals surface area contributed by atoms with E-state index >= 15 is 0 Å². The fourth-order valence-electron chi connectivity index (χ4n) is 1.79. The summed E-state index contributed by atoms with van der Waals surface area (Å²) in [6.45, 7) is 4.27. The molecule has 1 N–H and O–H groups in total. The van der Waals surface area contributed by atoms with Gasteiger partial charge in [-0.25, -0.2) is 4.79 Å². The van der Waals surface area contributed by atoms with Gasteiger partial charge >= 0.3 is 5.97 Å². The van der Waals surface area contributed by atoms with Crippen LogP contribution in [-0.2, 0) is 14.3 Å². The van der Waals surface area contributed by atoms with Gasteiger partial charge in [-0.3, -0.25) is 0 Å². The normalized spacial score (nSPS) is 12.7. The zero-order valence-corrected chi connectivity index (χ0v) is 12.7. The number of methoxy groups -OCH3 is 1. The van der Waals surface area contributed by atoms with Crippen molar-refractivity contribution in [2.75, 3.05) is 20.3 Å². The Kier molecular flexibility index (Phi) is 7.32. The molecule has 0 saturated carbocycles. The molecule has 5 heteroatoms. The molecule has 0 heterocycles. The van der Waals surface area contributed by atoms with Gasteiger partial charge in [0.1, 0.15) is 11.5 Å². The van der Waals surface area contributed by atoms with Crippen LogP contribution in [0.25, 0.3) is 0 Å². The number of aliphatic hydroxyl groups excluding tert-OH is 1. The lowest BCUT2D eigenvalue weighted by atomic mass is 10.1. The first kappa shape index (κ1) is 17.0. The second-order valence-corrected chi connectivity index (χ2v) is 4.29. The monoisotopic (exact) mass is 294 g/mol. The third-order valence-corrected chi connectivity index (χ3v) is 2.79. The third kappa shape index (κ3) is 5.87. The van der Waals surface area contributed by atoms with Gasteiger partial charge in [-0.2, -0.15) is 0 Å². The predicted octanol–water partition coefficient (Wildman–Crippen LogP) is 2.60. The summed E-state index contributed by atoms with van der Waals surface area (Å²) in [5.41, 5.74) is 0.727. The molecular formula is C16H22O5. The summed E-state index contributed by atoms with van der Waals surface area (Å²) in [6, 6.07) is 7.09. The van der Waals surface area contributed by atoms with Crippen molar-refractivity contribution in [3.8, 4) is 5.75 Å². The number of hydrogen-bond acceptors (Lipinski definition) is 5. The molecule has 0 aliphatic heterocycles. The lowest BCUT2D eigenvalue weighted by Crippen LogP contribution is -2.06. The number of benzene rings is 1. The minimum Gasteiger partial charge on any atom is -0.498 e. The summed E-state index contributed by atoms with van der Waals surface area (Å²) in [5, 5.41) is 10.2. The van der Waals surface area contributed by atoms with E-state index in [1.807, 2.05) is 6.92 Å². The van der Waals surface area contributed by atoms with Crippen molar-refractivity contribution in [3.05, 3.63) is 41.7 Å². The molecule has 1 aromatic rings. The van der Waals surface area contributed by atoms with Crippen LogP contribution >= 0.6 is 0 Å². The second-order valence-electron chi connectivity index (χ2n) is 4.29. The first-order valence-corrected chi connectivity index (χ1v) is 6.92. The Morgan fingerprint density at radius 3 is 2.33 bits per heavy atom. The Balaban J connectivity index is 2.74. The highest BCUT2D eigenvalue weighted by Crippen LogP contribution is 2.23. The lowest BCUT2D eigenvalue weighted by molar-refractivity contribution is -0.137. The van der Waals surface area contributed by atoms with Crippen LogP contribution in [0.3, 0.4) is 0 Å². The first-order chi connectivity index (χ1) is 10.1. The van der Waals surface area contributed by atoms with E-state index in [-0.39, 0.29) is 6.42 Å². The Morgan fingerprint density at radius 2 is 1.81 bits per heavy atom. The molecule has 5 nitrogen and oxygen atoms in total. The van der Waals surface area contributed by atoms with E-state index in [2.05, 4.69) is 0 Å². The van der Waals surface area contributed by atoms with Gasteiger partial charge in [-0.05, 0) is 31.5 Å². The number of esters is 1. The van der Waals surface area contributed by atoms with E-state index in [9.17, 15) is 9.90 Å². The Morgan fingerprint density at radius 1 is 1.19 bits per heavy atom. The smallest absolute Gasteiger partial charge is 0.334 e. The van der Waals surface area contributed by atoms with Crippen LogP contribution in [0.1, 0.15) is 31.9 Å². The molecule has 116 valence electrons. The number of ether oxygens (including phenoxy) is 3. The molecule has 0 aliphatic rings. The van der Waals surface area contributed by atoms with Crippen molar-refractivity contribution in [1.29, 1.82) is 0 Å². The van der Waals surface area contributed by atoms with E-state index < -0.39 is 12.1 Å². The van der Waals surface area contributed by atoms with Crippen molar-refractivity contribution in [2.24, 2.45) is 0 Å². The molecule has 1 atom stereocenters. The molecule has 0 saturated heterocycles. The fraction of sp³-hybridized carbons (Fsp3) is 0.438. The standard InChI is InChI=1S/C16H22O5/c1-4-20-14(11-16(18)21-5-2)10-15(17)12-6-8-13(19-3)9-7-12/h6-9,11,15,17H,4-5,10H2,1-3H3/b14-11-/t15-/m1/s1. The highest BCUT2D eigenvalue weighted by atomic mass is 16.5. The number of carbonyl (C=O) groups excluding carboxylic acids is 1. The number of aliphatic hydroxyl groups is 1. The predicted molar refractivity (Wildman–Crippen MR) is 78.9 cm³/mol. The molecular weight excluding hydrogens is 272 g/mol. The van der Waals surface area contributed by atoms with Gasteiger partial charge in [0.2, 0.25) is 0 Å². The lowest BCUT2D eigenvalue weighted by Gasteiger charge is -2.14. The van der Waals surface area contributed by atoms with Crippen LogP contribution in [0.4, 0.5) is 0 Å². The number of rotatable bonds is 8. The van der Waals surface area contributed by atoms with Crippen LogP contribution in [0.5, 0.6) is 5.75 Å². The summed E-state index contributed by atoms with van der Waals surface area (Å²) in [7, 11) is 1.58. The number of carbonyl (C=O) groups is 1. The maximum absolute atomic E-state index is 11.5. The average Bonchev–Trinajstić information content (AvgIpc) is 2.47. The van der Waals surface area contributed by atoms with Gasteiger partial charge in [0.05, 0.1) is 32.5 Å². The summed E-state index contributed by atoms with van der Waals surface area (Å²) in [5.74, 6) is 0.653. The van der Waals surface area contributed by atoms with Crippen molar-refractivity contribution in [2.45, 2.75) is 26.4 Å². The van der Waals surface area contributed by atoms with Gasteiger partial charge in [0.15, 0.2) is 0 Å². The molecule has 0 amide bonds. The molecule has 0 aromatic heterocycles. The van der Waals surface area contributed by atoms with Gasteiger partial charge < -0.3 is 19.3 Å². The maximum atomic E-state index is 11.5. The molecule has 0 aliphatic carbocycles. The van der Waals surface area contributed by atoms with E-state index in [0.717, 1.165) is 11.3 Å². The zero-order valence-electron chi connectivity index (χ0n) is 12.7. The number of hydrogen-bond donors (Lipinski definition) is 1. The van der Waals surface area contributed by atoms with Crippen molar-refractivity contribution < 1.29 is 24.1 Å². The first-order valence-electron chi connectivity index (χ1n) is 6.92. The fourth-order valence-corrected chi connectivity index (χ4v) is 1.79. The van der Waals surface area contributed by atoms with E-state index in [0.29, 0.717) is 19.0 Å². The summed E-state index contributed by atoms with van der Waals surface area (Å²) < 4.78 is 15.3. The zero-order chi connectivity index (χ0) is 15.7. The molecule has 0 radical (unpaired) electrons. The molecule has 1 aromatic carbocycles. The SMILES string of the molecule is CCOC(=O)/C=C(/C[C@@H](O)c1ccc(OC)cc1)OCC. The Labute approximate surface area is 125 Å². The van der Waals surface area contributed by atoms with Crippen molar-refractivity contribution in [1.82, 2.24) is 0 Å². The highest BCUT2D eigenvalue weighted by Gasteiger charge is 2.13. The van der Waals surface area contributed by atoms with Gasteiger partial charge in [-0.1, -0.05) is 12.1 Å². The Hall–Kier alpha value is -2.01. The second kappa shape index (κ2) is 9.02. The van der Waals surface area contributed by atoms with E-state index in [1.165, 1.54) is 6.08 Å². The molecule has 1 rings (SSSR count). The Bertz CT molecular complexity index is 464.